The molecule has 0 atom stereocenters. The first-order valence-electron chi connectivity index (χ1n) is 6.05. The lowest BCUT2D eigenvalue weighted by molar-refractivity contribution is -0.468. The molecule has 1 aromatic heterocycles. The molecule has 0 fully saturated rings. The highest BCUT2D eigenvalue weighted by molar-refractivity contribution is 5.99. The summed E-state index contributed by atoms with van der Waals surface area (Å²) in [6.45, 7) is 4.42. The van der Waals surface area contributed by atoms with Gasteiger partial charge in [-0.2, -0.15) is 4.58 Å². The first kappa shape index (κ1) is 11.0. The Hall–Kier alpha value is -2.16. The van der Waals surface area contributed by atoms with Gasteiger partial charge in [0, 0.05) is 26.0 Å². The minimum atomic E-state index is 0.115. The van der Waals surface area contributed by atoms with Gasteiger partial charge in [0.2, 0.25) is 18.1 Å². The summed E-state index contributed by atoms with van der Waals surface area (Å²) in [4.78, 5) is 11.6. The molecule has 1 aliphatic rings. The van der Waals surface area contributed by atoms with Crippen LogP contribution < -0.4 is 0 Å². The van der Waals surface area contributed by atoms with Gasteiger partial charge < -0.3 is 0 Å². The summed E-state index contributed by atoms with van der Waals surface area (Å²) in [5.74, 6) is 0.115. The van der Waals surface area contributed by atoms with Gasteiger partial charge in [0.1, 0.15) is 5.69 Å². The maximum Gasteiger partial charge on any atom is 0.229 e. The van der Waals surface area contributed by atoms with E-state index in [0.717, 1.165) is 17.1 Å². The van der Waals surface area contributed by atoms with Crippen LogP contribution in [0.5, 0.6) is 0 Å². The molecule has 0 unspecified atom stereocenters. The van der Waals surface area contributed by atoms with E-state index in [2.05, 4.69) is 28.2 Å². The highest BCUT2D eigenvalue weighted by Crippen LogP contribution is 2.23. The minimum absolute atomic E-state index is 0.115. The number of carbonyl (C=O) groups excluding carboxylic acids is 1. The molecular formula is C15H15N2O+. The summed E-state index contributed by atoms with van der Waals surface area (Å²) in [6.07, 6.45) is 0. The smallest absolute Gasteiger partial charge is 0.229 e. The molecule has 0 radical (unpaired) electrons. The van der Waals surface area contributed by atoms with Crippen LogP contribution in [0.15, 0.2) is 42.5 Å². The molecule has 1 aliphatic heterocycles. The topological polar surface area (TPSA) is 25.0 Å². The summed E-state index contributed by atoms with van der Waals surface area (Å²) < 4.78 is 4.30. The molecule has 0 spiro atoms. The molecule has 1 aromatic carbocycles. The minimum Gasteiger partial charge on any atom is -0.293 e. The van der Waals surface area contributed by atoms with Crippen LogP contribution in [-0.4, -0.2) is 20.6 Å². The molecule has 0 N–H and O–H groups in total. The predicted molar refractivity (Wildman–Crippen MR) is 70.6 cm³/mol. The van der Waals surface area contributed by atoms with Crippen LogP contribution in [0.3, 0.4) is 0 Å². The fourth-order valence-corrected chi connectivity index (χ4v) is 2.51. The van der Waals surface area contributed by atoms with Crippen LogP contribution in [0.25, 0.3) is 0 Å². The number of carbonyl (C=O) groups is 1. The Balaban J connectivity index is 2.08. The second-order valence-corrected chi connectivity index (χ2v) is 4.58. The number of hydrogen-bond acceptors (Lipinski definition) is 1. The van der Waals surface area contributed by atoms with Crippen molar-refractivity contribution in [1.29, 1.82) is 0 Å². The lowest BCUT2D eigenvalue weighted by atomic mass is 10.2. The average Bonchev–Trinajstić information content (AvgIpc) is 2.91. The van der Waals surface area contributed by atoms with E-state index in [1.165, 1.54) is 5.71 Å². The van der Waals surface area contributed by atoms with Gasteiger partial charge in [-0.15, -0.1) is 0 Å². The zero-order valence-corrected chi connectivity index (χ0v) is 10.6. The van der Waals surface area contributed by atoms with Crippen LogP contribution in [0.1, 0.15) is 30.0 Å². The molecule has 0 saturated carbocycles. The fraction of sp³-hybridized carbons (Fsp3) is 0.200. The van der Waals surface area contributed by atoms with Crippen LogP contribution in [0.4, 0.5) is 5.69 Å². The number of Topliss-reactive ketones (excluding diaryl/α,β-unsaturated/α-hetero) is 1. The van der Waals surface area contributed by atoms with Crippen molar-refractivity contribution in [2.45, 2.75) is 20.5 Å². The summed E-state index contributed by atoms with van der Waals surface area (Å²) in [5, 5.41) is 0. The van der Waals surface area contributed by atoms with Gasteiger partial charge in [0.15, 0.2) is 5.78 Å². The normalized spacial score (nSPS) is 13.9. The van der Waals surface area contributed by atoms with Gasteiger partial charge in [-0.25, -0.2) is 0 Å². The molecule has 0 amide bonds. The van der Waals surface area contributed by atoms with Crippen molar-refractivity contribution in [2.75, 3.05) is 0 Å². The van der Waals surface area contributed by atoms with Crippen molar-refractivity contribution in [3.05, 3.63) is 53.9 Å². The lowest BCUT2D eigenvalue weighted by Crippen LogP contribution is -2.10. The molecule has 3 rings (SSSR count). The fourth-order valence-electron chi connectivity index (χ4n) is 2.51. The average molecular weight is 239 g/mol. The first-order valence-corrected chi connectivity index (χ1v) is 6.05. The van der Waals surface area contributed by atoms with Gasteiger partial charge in [-0.3, -0.25) is 9.36 Å². The van der Waals surface area contributed by atoms with Crippen LogP contribution in [0.2, 0.25) is 0 Å². The van der Waals surface area contributed by atoms with E-state index in [-0.39, 0.29) is 5.78 Å². The van der Waals surface area contributed by atoms with Crippen LogP contribution in [0, 0.1) is 0 Å². The number of para-hydroxylation sites is 1. The molecular weight excluding hydrogens is 224 g/mol. The van der Waals surface area contributed by atoms with Crippen LogP contribution >= 0.6 is 0 Å². The number of benzene rings is 1. The Bertz CT molecular complexity index is 650. The molecule has 0 aliphatic carbocycles. The summed E-state index contributed by atoms with van der Waals surface area (Å²) in [7, 11) is 0. The molecule has 0 saturated heterocycles. The van der Waals surface area contributed by atoms with Crippen molar-refractivity contribution in [2.24, 2.45) is 0 Å². The van der Waals surface area contributed by atoms with Gasteiger partial charge in [0.05, 0.1) is 5.69 Å². The van der Waals surface area contributed by atoms with E-state index in [9.17, 15) is 4.79 Å². The maximum atomic E-state index is 11.6. The standard InChI is InChI=1S/C15H15N2O/c1-11-14-8-9-15(12(2)18)17(14)10-16(11)13-6-4-3-5-7-13/h3-9H,10H2,1-2H3/q+1. The van der Waals surface area contributed by atoms with E-state index >= 15 is 0 Å². The van der Waals surface area contributed by atoms with E-state index in [1.807, 2.05) is 30.3 Å². The molecule has 2 heterocycles. The van der Waals surface area contributed by atoms with E-state index in [4.69, 9.17) is 0 Å². The summed E-state index contributed by atoms with van der Waals surface area (Å²) in [6, 6.07) is 14.2. The van der Waals surface area contributed by atoms with E-state index < -0.39 is 0 Å². The van der Waals surface area contributed by atoms with Crippen molar-refractivity contribution in [3.8, 4) is 0 Å². The SMILES string of the molecule is CC(=O)c1ccc2n1C[N+](c1ccccc1)=C2C. The van der Waals surface area contributed by atoms with Gasteiger partial charge in [0.25, 0.3) is 0 Å². The zero-order chi connectivity index (χ0) is 12.7. The molecule has 90 valence electrons. The van der Waals surface area contributed by atoms with Crippen molar-refractivity contribution >= 4 is 17.2 Å². The second kappa shape index (κ2) is 3.95. The van der Waals surface area contributed by atoms with Crippen molar-refractivity contribution in [3.63, 3.8) is 0 Å². The molecule has 18 heavy (non-hydrogen) atoms. The highest BCUT2D eigenvalue weighted by Gasteiger charge is 2.29. The number of aromatic nitrogens is 1. The number of ketones is 1. The third kappa shape index (κ3) is 1.51. The summed E-state index contributed by atoms with van der Waals surface area (Å²) in [5.41, 5.74) is 4.26. The number of fused-ring (bicyclic) bond motifs is 1. The maximum absolute atomic E-state index is 11.6. The molecule has 0 bridgehead atoms. The quantitative estimate of drug-likeness (QED) is 0.584. The molecule has 2 aromatic rings. The molecule has 3 nitrogen and oxygen atoms in total. The number of hydrogen-bond donors (Lipinski definition) is 0. The van der Waals surface area contributed by atoms with Gasteiger partial charge >= 0.3 is 0 Å². The summed E-state index contributed by atoms with van der Waals surface area (Å²) >= 11 is 0. The number of rotatable bonds is 2. The Morgan fingerprint density at radius 3 is 2.56 bits per heavy atom. The number of nitrogens with zero attached hydrogens (tertiary/aromatic N) is 2. The first-order chi connectivity index (χ1) is 8.68. The Morgan fingerprint density at radius 1 is 1.17 bits per heavy atom. The third-order valence-electron chi connectivity index (χ3n) is 3.47. The predicted octanol–water partition coefficient (Wildman–Crippen LogP) is 2.82. The lowest BCUT2D eigenvalue weighted by Gasteiger charge is -2.01. The highest BCUT2D eigenvalue weighted by atomic mass is 16.1. The zero-order valence-electron chi connectivity index (χ0n) is 10.6. The Morgan fingerprint density at radius 2 is 1.89 bits per heavy atom. The largest absolute Gasteiger partial charge is 0.293 e. The van der Waals surface area contributed by atoms with Gasteiger partial charge in [-0.1, -0.05) is 18.2 Å². The monoisotopic (exact) mass is 239 g/mol. The van der Waals surface area contributed by atoms with E-state index in [0.29, 0.717) is 6.67 Å². The van der Waals surface area contributed by atoms with Crippen LogP contribution in [-0.2, 0) is 6.67 Å². The van der Waals surface area contributed by atoms with E-state index in [1.54, 1.807) is 6.92 Å². The van der Waals surface area contributed by atoms with Crippen molar-refractivity contribution in [1.82, 2.24) is 4.57 Å². The second-order valence-electron chi connectivity index (χ2n) is 4.58. The van der Waals surface area contributed by atoms with Crippen molar-refractivity contribution < 1.29 is 9.37 Å². The third-order valence-corrected chi connectivity index (χ3v) is 3.47. The Labute approximate surface area is 106 Å². The molecule has 3 heteroatoms. The Kier molecular flexibility index (Phi) is 2.40. The van der Waals surface area contributed by atoms with Gasteiger partial charge in [-0.05, 0) is 12.1 Å².